The summed E-state index contributed by atoms with van der Waals surface area (Å²) in [5, 5.41) is 1.24. The van der Waals surface area contributed by atoms with Gasteiger partial charge in [0.2, 0.25) is 0 Å². The van der Waals surface area contributed by atoms with E-state index in [4.69, 9.17) is 5.73 Å². The van der Waals surface area contributed by atoms with E-state index in [0.29, 0.717) is 0 Å². The number of anilines is 3. The minimum Gasteiger partial charge on any atom is -0.397 e. The molecule has 0 saturated carbocycles. The first-order chi connectivity index (χ1) is 9.59. The highest BCUT2D eigenvalue weighted by Crippen LogP contribution is 2.36. The number of rotatable bonds is 2. The number of aryl methyl sites for hydroxylation is 2. The van der Waals surface area contributed by atoms with Crippen LogP contribution in [0.25, 0.3) is 10.9 Å². The van der Waals surface area contributed by atoms with Gasteiger partial charge in [-0.3, -0.25) is 0 Å². The molecule has 0 aliphatic rings. The van der Waals surface area contributed by atoms with Crippen LogP contribution in [0.4, 0.5) is 17.1 Å². The first-order valence-corrected chi connectivity index (χ1v) is 6.72. The number of aromatic nitrogens is 1. The van der Waals surface area contributed by atoms with Crippen molar-refractivity contribution >= 4 is 28.0 Å². The maximum Gasteiger partial charge on any atom is 0.0672 e. The zero-order chi connectivity index (χ0) is 14.3. The van der Waals surface area contributed by atoms with E-state index in [2.05, 4.69) is 67.0 Å². The van der Waals surface area contributed by atoms with Crippen LogP contribution in [0.15, 0.2) is 48.7 Å². The fraction of sp³-hybridized carbons (Fsp3) is 0.176. The van der Waals surface area contributed by atoms with Gasteiger partial charge in [-0.2, -0.15) is 0 Å². The van der Waals surface area contributed by atoms with E-state index in [1.54, 1.807) is 0 Å². The molecule has 3 heteroatoms. The molecule has 3 nitrogen and oxygen atoms in total. The number of fused-ring (bicyclic) bond motifs is 1. The Labute approximate surface area is 119 Å². The number of nitrogens with two attached hydrogens (primary N) is 1. The van der Waals surface area contributed by atoms with Gasteiger partial charge in [-0.1, -0.05) is 30.3 Å². The number of para-hydroxylation sites is 2. The summed E-state index contributed by atoms with van der Waals surface area (Å²) in [5.74, 6) is 0. The number of benzene rings is 2. The SMILES string of the molecule is Cc1cccc(N)c1N(C)c1cn(C)c2ccccc12. The van der Waals surface area contributed by atoms with Gasteiger partial charge in [-0.15, -0.1) is 0 Å². The Morgan fingerprint density at radius 1 is 1.05 bits per heavy atom. The largest absolute Gasteiger partial charge is 0.397 e. The molecule has 102 valence electrons. The van der Waals surface area contributed by atoms with Crippen molar-refractivity contribution in [3.05, 3.63) is 54.2 Å². The lowest BCUT2D eigenvalue weighted by Gasteiger charge is -2.22. The molecule has 2 aromatic carbocycles. The van der Waals surface area contributed by atoms with Crippen molar-refractivity contribution in [2.24, 2.45) is 7.05 Å². The van der Waals surface area contributed by atoms with Crippen molar-refractivity contribution in [2.45, 2.75) is 6.92 Å². The summed E-state index contributed by atoms with van der Waals surface area (Å²) in [7, 11) is 4.14. The van der Waals surface area contributed by atoms with Crippen molar-refractivity contribution in [2.75, 3.05) is 17.7 Å². The Balaban J connectivity index is 2.21. The standard InChI is InChI=1S/C17H19N3/c1-12-7-6-9-14(18)17(12)20(3)16-11-19(2)15-10-5-4-8-13(15)16/h4-11H,18H2,1-3H3. The molecule has 0 aliphatic carbocycles. The van der Waals surface area contributed by atoms with Crippen LogP contribution in [0.1, 0.15) is 5.56 Å². The third-order valence-electron chi connectivity index (χ3n) is 3.84. The summed E-state index contributed by atoms with van der Waals surface area (Å²) in [6.45, 7) is 2.09. The second kappa shape index (κ2) is 4.60. The van der Waals surface area contributed by atoms with Crippen molar-refractivity contribution < 1.29 is 0 Å². The Kier molecular flexibility index (Phi) is 2.90. The van der Waals surface area contributed by atoms with E-state index < -0.39 is 0 Å². The lowest BCUT2D eigenvalue weighted by atomic mass is 10.1. The molecule has 0 atom stereocenters. The summed E-state index contributed by atoms with van der Waals surface area (Å²) in [5.41, 5.74) is 11.6. The average Bonchev–Trinajstić information content (AvgIpc) is 2.76. The van der Waals surface area contributed by atoms with Gasteiger partial charge in [-0.25, -0.2) is 0 Å². The van der Waals surface area contributed by atoms with Gasteiger partial charge in [-0.05, 0) is 24.6 Å². The zero-order valence-corrected chi connectivity index (χ0v) is 12.1. The summed E-state index contributed by atoms with van der Waals surface area (Å²) in [6.07, 6.45) is 2.15. The molecule has 0 amide bonds. The Hall–Kier alpha value is -2.42. The van der Waals surface area contributed by atoms with Crippen molar-refractivity contribution in [3.8, 4) is 0 Å². The van der Waals surface area contributed by atoms with E-state index in [-0.39, 0.29) is 0 Å². The van der Waals surface area contributed by atoms with Crippen molar-refractivity contribution in [3.63, 3.8) is 0 Å². The molecule has 1 aromatic heterocycles. The van der Waals surface area contributed by atoms with Gasteiger partial charge >= 0.3 is 0 Å². The molecule has 20 heavy (non-hydrogen) atoms. The van der Waals surface area contributed by atoms with Gasteiger partial charge in [0.25, 0.3) is 0 Å². The summed E-state index contributed by atoms with van der Waals surface area (Å²) in [4.78, 5) is 2.17. The van der Waals surface area contributed by atoms with Crippen molar-refractivity contribution in [1.82, 2.24) is 4.57 Å². The molecule has 0 bridgehead atoms. The Morgan fingerprint density at radius 3 is 2.55 bits per heavy atom. The van der Waals surface area contributed by atoms with Gasteiger partial charge in [0.1, 0.15) is 0 Å². The highest BCUT2D eigenvalue weighted by Gasteiger charge is 2.15. The van der Waals surface area contributed by atoms with E-state index in [9.17, 15) is 0 Å². The molecule has 0 spiro atoms. The predicted molar refractivity (Wildman–Crippen MR) is 86.6 cm³/mol. The molecule has 1 heterocycles. The average molecular weight is 265 g/mol. The highest BCUT2D eigenvalue weighted by molar-refractivity contribution is 5.96. The van der Waals surface area contributed by atoms with Crippen LogP contribution >= 0.6 is 0 Å². The lowest BCUT2D eigenvalue weighted by Crippen LogP contribution is -2.12. The fourth-order valence-electron chi connectivity index (χ4n) is 2.85. The first kappa shape index (κ1) is 12.6. The zero-order valence-electron chi connectivity index (χ0n) is 12.1. The third-order valence-corrected chi connectivity index (χ3v) is 3.84. The Morgan fingerprint density at radius 2 is 1.80 bits per heavy atom. The third kappa shape index (κ3) is 1.83. The second-order valence-electron chi connectivity index (χ2n) is 5.21. The first-order valence-electron chi connectivity index (χ1n) is 6.72. The molecule has 3 rings (SSSR count). The van der Waals surface area contributed by atoms with Gasteiger partial charge in [0, 0.05) is 31.2 Å². The minimum absolute atomic E-state index is 0.806. The van der Waals surface area contributed by atoms with Crippen LogP contribution in [0.2, 0.25) is 0 Å². The number of hydrogen-bond acceptors (Lipinski definition) is 2. The van der Waals surface area contributed by atoms with Gasteiger partial charge in [0.05, 0.1) is 17.1 Å². The van der Waals surface area contributed by atoms with Crippen LogP contribution < -0.4 is 10.6 Å². The van der Waals surface area contributed by atoms with Gasteiger partial charge in [0.15, 0.2) is 0 Å². The molecule has 0 saturated heterocycles. The van der Waals surface area contributed by atoms with Crippen LogP contribution in [0.3, 0.4) is 0 Å². The molecular weight excluding hydrogens is 246 g/mol. The summed E-state index contributed by atoms with van der Waals surface area (Å²) in [6, 6.07) is 14.4. The molecular formula is C17H19N3. The summed E-state index contributed by atoms with van der Waals surface area (Å²) >= 11 is 0. The maximum absolute atomic E-state index is 6.16. The molecule has 0 unspecified atom stereocenters. The molecule has 0 radical (unpaired) electrons. The Bertz CT molecular complexity index is 751. The highest BCUT2D eigenvalue weighted by atomic mass is 15.1. The lowest BCUT2D eigenvalue weighted by molar-refractivity contribution is 0.965. The van der Waals surface area contributed by atoms with Crippen LogP contribution in [-0.2, 0) is 7.05 Å². The quantitative estimate of drug-likeness (QED) is 0.714. The van der Waals surface area contributed by atoms with E-state index in [1.165, 1.54) is 22.2 Å². The smallest absolute Gasteiger partial charge is 0.0672 e. The number of hydrogen-bond donors (Lipinski definition) is 1. The van der Waals surface area contributed by atoms with Crippen LogP contribution in [-0.4, -0.2) is 11.6 Å². The number of nitrogens with zero attached hydrogens (tertiary/aromatic N) is 2. The number of nitrogen functional groups attached to an aromatic ring is 1. The molecule has 0 fully saturated rings. The minimum atomic E-state index is 0.806. The topological polar surface area (TPSA) is 34.2 Å². The van der Waals surface area contributed by atoms with Gasteiger partial charge < -0.3 is 15.2 Å². The van der Waals surface area contributed by atoms with E-state index >= 15 is 0 Å². The van der Waals surface area contributed by atoms with E-state index in [1.807, 2.05) is 12.1 Å². The van der Waals surface area contributed by atoms with Crippen molar-refractivity contribution in [1.29, 1.82) is 0 Å². The monoisotopic (exact) mass is 265 g/mol. The maximum atomic E-state index is 6.16. The molecule has 2 N–H and O–H groups in total. The fourth-order valence-corrected chi connectivity index (χ4v) is 2.85. The normalized spacial score (nSPS) is 10.9. The van der Waals surface area contributed by atoms with Crippen LogP contribution in [0, 0.1) is 6.92 Å². The second-order valence-corrected chi connectivity index (χ2v) is 5.21. The van der Waals surface area contributed by atoms with E-state index in [0.717, 1.165) is 11.4 Å². The van der Waals surface area contributed by atoms with Crippen LogP contribution in [0.5, 0.6) is 0 Å². The predicted octanol–water partition coefficient (Wildman–Crippen LogP) is 3.84. The molecule has 3 aromatic rings. The molecule has 0 aliphatic heterocycles. The summed E-state index contributed by atoms with van der Waals surface area (Å²) < 4.78 is 2.15.